The van der Waals surface area contributed by atoms with Crippen molar-refractivity contribution in [1.29, 1.82) is 0 Å². The van der Waals surface area contributed by atoms with E-state index in [2.05, 4.69) is 20.9 Å². The van der Waals surface area contributed by atoms with Crippen LogP contribution in [0.5, 0.6) is 0 Å². The summed E-state index contributed by atoms with van der Waals surface area (Å²) >= 11 is 0. The van der Waals surface area contributed by atoms with Crippen LogP contribution in [0.25, 0.3) is 10.9 Å². The minimum absolute atomic E-state index is 0.202. The zero-order valence-corrected chi connectivity index (χ0v) is 21.4. The summed E-state index contributed by atoms with van der Waals surface area (Å²) in [5.41, 5.74) is 7.84. The smallest absolute Gasteiger partial charge is 0.326 e. The van der Waals surface area contributed by atoms with Gasteiger partial charge in [0.2, 0.25) is 17.7 Å². The summed E-state index contributed by atoms with van der Waals surface area (Å²) in [6.45, 7) is 4.55. The minimum Gasteiger partial charge on any atom is -0.481 e. The molecule has 2 rings (SSSR count). The van der Waals surface area contributed by atoms with Gasteiger partial charge in [-0.3, -0.25) is 19.2 Å². The molecule has 0 bridgehead atoms. The Morgan fingerprint density at radius 3 is 2.11 bits per heavy atom. The number of carboxylic acids is 2. The molecule has 5 unspecified atom stereocenters. The van der Waals surface area contributed by atoms with E-state index in [0.29, 0.717) is 0 Å². The fourth-order valence-electron chi connectivity index (χ4n) is 3.86. The number of carbonyl (C=O) groups is 5. The van der Waals surface area contributed by atoms with E-state index < -0.39 is 78.7 Å². The number of amides is 3. The molecule has 2 aromatic rings. The lowest BCUT2D eigenvalue weighted by molar-refractivity contribution is -0.144. The van der Waals surface area contributed by atoms with Crippen molar-refractivity contribution in [2.45, 2.75) is 70.3 Å². The maximum absolute atomic E-state index is 13.0. The van der Waals surface area contributed by atoms with Gasteiger partial charge >= 0.3 is 11.9 Å². The molecule has 38 heavy (non-hydrogen) atoms. The lowest BCUT2D eigenvalue weighted by atomic mass is 10.00. The summed E-state index contributed by atoms with van der Waals surface area (Å²) in [6, 6.07) is 2.32. The predicted octanol–water partition coefficient (Wildman–Crippen LogP) is -0.522. The molecule has 13 heteroatoms. The molecule has 0 radical (unpaired) electrons. The zero-order chi connectivity index (χ0) is 28.6. The Morgan fingerprint density at radius 1 is 0.921 bits per heavy atom. The second kappa shape index (κ2) is 13.5. The Hall–Kier alpha value is -3.97. The van der Waals surface area contributed by atoms with E-state index in [4.69, 9.17) is 10.8 Å². The average Bonchev–Trinajstić information content (AvgIpc) is 3.24. The number of hydrogen-bond donors (Lipinski definition) is 8. The number of nitrogens with one attached hydrogen (secondary N) is 4. The first-order valence-electron chi connectivity index (χ1n) is 12.2. The van der Waals surface area contributed by atoms with Crippen molar-refractivity contribution in [3.63, 3.8) is 0 Å². The molecular formula is C25H35N5O8. The molecule has 0 aliphatic rings. The molecule has 1 aromatic carbocycles. The van der Waals surface area contributed by atoms with Crippen molar-refractivity contribution < 1.29 is 39.3 Å². The first-order chi connectivity index (χ1) is 17.8. The third kappa shape index (κ3) is 8.28. The molecule has 0 aliphatic carbocycles. The van der Waals surface area contributed by atoms with Crippen LogP contribution in [0.4, 0.5) is 0 Å². The maximum atomic E-state index is 13.0. The number of benzene rings is 1. The largest absolute Gasteiger partial charge is 0.481 e. The lowest BCUT2D eigenvalue weighted by Crippen LogP contribution is -2.60. The third-order valence-corrected chi connectivity index (χ3v) is 6.02. The fourth-order valence-corrected chi connectivity index (χ4v) is 3.86. The number of carbonyl (C=O) groups excluding carboxylic acids is 3. The number of aromatic amines is 1. The molecule has 1 aromatic heterocycles. The Kier molecular flexibility index (Phi) is 10.8. The second-order valence-electron chi connectivity index (χ2n) is 9.46. The van der Waals surface area contributed by atoms with E-state index in [-0.39, 0.29) is 6.42 Å². The van der Waals surface area contributed by atoms with Crippen molar-refractivity contribution >= 4 is 40.6 Å². The Morgan fingerprint density at radius 2 is 1.53 bits per heavy atom. The van der Waals surface area contributed by atoms with Crippen LogP contribution in [0.1, 0.15) is 39.2 Å². The van der Waals surface area contributed by atoms with Gasteiger partial charge in [-0.1, -0.05) is 32.0 Å². The summed E-state index contributed by atoms with van der Waals surface area (Å²) < 4.78 is 0. The standard InChI is InChI=1S/C25H35N5O8/c1-12(2)20(29-22(34)16(26)10-14-11-27-17-7-5-4-6-15(14)17)23(35)30-21(13(3)31)24(36)28-18(25(37)38)8-9-19(32)33/h4-7,11-13,16,18,20-21,27,31H,8-10,26H2,1-3H3,(H,28,36)(H,29,34)(H,30,35)(H,32,33)(H,37,38). The summed E-state index contributed by atoms with van der Waals surface area (Å²) in [7, 11) is 0. The highest BCUT2D eigenvalue weighted by atomic mass is 16.4. The summed E-state index contributed by atoms with van der Waals surface area (Å²) in [5.74, 6) is -5.54. The SMILES string of the molecule is CC(C)C(NC(=O)C(N)Cc1c[nH]c2ccccc12)C(=O)NC(C(=O)NC(CCC(=O)O)C(=O)O)C(C)O. The van der Waals surface area contributed by atoms with Gasteiger partial charge in [0.25, 0.3) is 0 Å². The highest BCUT2D eigenvalue weighted by Gasteiger charge is 2.34. The molecule has 0 saturated carbocycles. The molecule has 1 heterocycles. The number of nitrogens with two attached hydrogens (primary N) is 1. The number of rotatable bonds is 14. The second-order valence-corrected chi connectivity index (χ2v) is 9.46. The van der Waals surface area contributed by atoms with Crippen molar-refractivity contribution in [2.75, 3.05) is 0 Å². The van der Waals surface area contributed by atoms with Crippen LogP contribution < -0.4 is 21.7 Å². The highest BCUT2D eigenvalue weighted by Crippen LogP contribution is 2.19. The number of aliphatic carboxylic acids is 2. The number of hydrogen-bond acceptors (Lipinski definition) is 7. The van der Waals surface area contributed by atoms with E-state index in [1.54, 1.807) is 20.0 Å². The third-order valence-electron chi connectivity index (χ3n) is 6.02. The summed E-state index contributed by atoms with van der Waals surface area (Å²) in [6.07, 6.45) is -0.370. The van der Waals surface area contributed by atoms with Gasteiger partial charge in [0.05, 0.1) is 12.1 Å². The number of aliphatic hydroxyl groups is 1. The fraction of sp³-hybridized carbons (Fsp3) is 0.480. The van der Waals surface area contributed by atoms with Gasteiger partial charge in [-0.25, -0.2) is 4.79 Å². The van der Waals surface area contributed by atoms with Gasteiger partial charge in [0, 0.05) is 23.5 Å². The lowest BCUT2D eigenvalue weighted by Gasteiger charge is -2.28. The summed E-state index contributed by atoms with van der Waals surface area (Å²) in [5, 5.41) is 36.2. The molecule has 0 fully saturated rings. The van der Waals surface area contributed by atoms with Crippen LogP contribution in [-0.4, -0.2) is 80.2 Å². The van der Waals surface area contributed by atoms with Gasteiger partial charge < -0.3 is 42.0 Å². The van der Waals surface area contributed by atoms with Gasteiger partial charge in [0.1, 0.15) is 18.1 Å². The maximum Gasteiger partial charge on any atom is 0.326 e. The molecule has 13 nitrogen and oxygen atoms in total. The first kappa shape index (κ1) is 30.3. The number of aromatic nitrogens is 1. The number of aliphatic hydroxyl groups excluding tert-OH is 1. The van der Waals surface area contributed by atoms with E-state index in [0.717, 1.165) is 16.5 Å². The van der Waals surface area contributed by atoms with E-state index in [1.165, 1.54) is 6.92 Å². The molecule has 0 aliphatic heterocycles. The van der Waals surface area contributed by atoms with Crippen molar-refractivity contribution in [2.24, 2.45) is 11.7 Å². The minimum atomic E-state index is -1.56. The van der Waals surface area contributed by atoms with Crippen LogP contribution in [0, 0.1) is 5.92 Å². The normalized spacial score (nSPS) is 15.2. The Balaban J connectivity index is 2.07. The van der Waals surface area contributed by atoms with Gasteiger partial charge in [-0.2, -0.15) is 0 Å². The summed E-state index contributed by atoms with van der Waals surface area (Å²) in [4.78, 5) is 63.9. The molecule has 0 saturated heterocycles. The zero-order valence-electron chi connectivity index (χ0n) is 21.4. The van der Waals surface area contributed by atoms with Crippen LogP contribution in [-0.2, 0) is 30.4 Å². The molecule has 208 valence electrons. The van der Waals surface area contributed by atoms with Crippen molar-refractivity contribution in [3.05, 3.63) is 36.0 Å². The van der Waals surface area contributed by atoms with Crippen LogP contribution >= 0.6 is 0 Å². The molecule has 5 atom stereocenters. The Bertz CT molecular complexity index is 1160. The monoisotopic (exact) mass is 533 g/mol. The van der Waals surface area contributed by atoms with Gasteiger partial charge in [0.15, 0.2) is 0 Å². The van der Waals surface area contributed by atoms with Crippen LogP contribution in [0.2, 0.25) is 0 Å². The van der Waals surface area contributed by atoms with E-state index in [1.807, 2.05) is 24.3 Å². The van der Waals surface area contributed by atoms with Crippen LogP contribution in [0.3, 0.4) is 0 Å². The average molecular weight is 534 g/mol. The van der Waals surface area contributed by atoms with Crippen molar-refractivity contribution in [3.8, 4) is 0 Å². The van der Waals surface area contributed by atoms with Crippen molar-refractivity contribution in [1.82, 2.24) is 20.9 Å². The molecular weight excluding hydrogens is 498 g/mol. The van der Waals surface area contributed by atoms with Crippen LogP contribution in [0.15, 0.2) is 30.5 Å². The van der Waals surface area contributed by atoms with E-state index in [9.17, 15) is 34.2 Å². The quantitative estimate of drug-likeness (QED) is 0.156. The number of H-pyrrole nitrogens is 1. The van der Waals surface area contributed by atoms with Gasteiger partial charge in [-0.15, -0.1) is 0 Å². The Labute approximate surface area is 219 Å². The predicted molar refractivity (Wildman–Crippen MR) is 137 cm³/mol. The molecule has 9 N–H and O–H groups in total. The van der Waals surface area contributed by atoms with Gasteiger partial charge in [-0.05, 0) is 37.3 Å². The topological polar surface area (TPSA) is 224 Å². The molecule has 3 amide bonds. The highest BCUT2D eigenvalue weighted by molar-refractivity contribution is 5.95. The molecule has 0 spiro atoms. The number of para-hydroxylation sites is 1. The first-order valence-corrected chi connectivity index (χ1v) is 12.2. The number of carboxylic acid groups (broad SMARTS) is 2. The van der Waals surface area contributed by atoms with E-state index >= 15 is 0 Å². The number of fused-ring (bicyclic) bond motifs is 1.